The lowest BCUT2D eigenvalue weighted by atomic mass is 10.2. The first-order valence-corrected chi connectivity index (χ1v) is 7.64. The van der Waals surface area contributed by atoms with Crippen molar-refractivity contribution >= 4 is 34.9 Å². The predicted molar refractivity (Wildman–Crippen MR) is 84.1 cm³/mol. The van der Waals surface area contributed by atoms with Crippen molar-refractivity contribution < 1.29 is 4.74 Å². The number of ether oxygens (including phenoxy) is 1. The van der Waals surface area contributed by atoms with Gasteiger partial charge >= 0.3 is 0 Å². The van der Waals surface area contributed by atoms with Gasteiger partial charge in [-0.1, -0.05) is 17.7 Å². The molecule has 4 nitrogen and oxygen atoms in total. The average Bonchev–Trinajstić information content (AvgIpc) is 2.77. The van der Waals surface area contributed by atoms with E-state index in [2.05, 4.69) is 21.4 Å². The van der Waals surface area contributed by atoms with Crippen LogP contribution in [0.3, 0.4) is 0 Å². The van der Waals surface area contributed by atoms with Gasteiger partial charge in [0.05, 0.1) is 29.3 Å². The first-order chi connectivity index (χ1) is 9.66. The number of imidazole rings is 1. The molecule has 1 aliphatic rings. The maximum Gasteiger partial charge on any atom is 0.178 e. The number of para-hydroxylation sites is 1. The van der Waals surface area contributed by atoms with Crippen molar-refractivity contribution in [2.75, 3.05) is 32.8 Å². The summed E-state index contributed by atoms with van der Waals surface area (Å²) < 4.78 is 8.25. The number of morpholine rings is 1. The summed E-state index contributed by atoms with van der Waals surface area (Å²) in [5, 5.41) is 0.740. The molecule has 6 heteroatoms. The monoisotopic (exact) mass is 311 g/mol. The molecular weight excluding hydrogens is 294 g/mol. The summed E-state index contributed by atoms with van der Waals surface area (Å²) in [6.45, 7) is 6.72. The Morgan fingerprint density at radius 1 is 1.40 bits per heavy atom. The molecule has 1 N–H and O–H groups in total. The third kappa shape index (κ3) is 2.63. The summed E-state index contributed by atoms with van der Waals surface area (Å²) in [5.41, 5.74) is 2.00. The minimum Gasteiger partial charge on any atom is -0.379 e. The molecule has 108 valence electrons. The van der Waals surface area contributed by atoms with Crippen molar-refractivity contribution in [2.24, 2.45) is 0 Å². The van der Waals surface area contributed by atoms with Crippen LogP contribution in [-0.4, -0.2) is 47.3 Å². The number of fused-ring (bicyclic) bond motifs is 1. The van der Waals surface area contributed by atoms with E-state index in [0.717, 1.165) is 53.7 Å². The van der Waals surface area contributed by atoms with E-state index in [0.29, 0.717) is 0 Å². The van der Waals surface area contributed by atoms with Crippen LogP contribution in [-0.2, 0) is 4.74 Å². The highest BCUT2D eigenvalue weighted by Gasteiger charge is 2.18. The summed E-state index contributed by atoms with van der Waals surface area (Å²) in [5.74, 6) is 0. The third-order valence-corrected chi connectivity index (χ3v) is 4.36. The van der Waals surface area contributed by atoms with Crippen LogP contribution >= 0.6 is 23.8 Å². The highest BCUT2D eigenvalue weighted by atomic mass is 35.5. The molecule has 0 aliphatic carbocycles. The van der Waals surface area contributed by atoms with Gasteiger partial charge in [-0.3, -0.25) is 4.90 Å². The molecule has 0 spiro atoms. The molecule has 1 fully saturated rings. The molecule has 20 heavy (non-hydrogen) atoms. The van der Waals surface area contributed by atoms with Gasteiger partial charge in [0.25, 0.3) is 0 Å². The number of rotatable bonds is 3. The van der Waals surface area contributed by atoms with Crippen LogP contribution in [0.25, 0.3) is 11.0 Å². The van der Waals surface area contributed by atoms with Gasteiger partial charge in [-0.25, -0.2) is 0 Å². The number of halogens is 1. The molecule has 1 aliphatic heterocycles. The van der Waals surface area contributed by atoms with Crippen LogP contribution in [0, 0.1) is 4.77 Å². The largest absolute Gasteiger partial charge is 0.379 e. The predicted octanol–water partition coefficient (Wildman–Crippen LogP) is 3.25. The molecule has 2 heterocycles. The normalized spacial score (nSPS) is 18.5. The van der Waals surface area contributed by atoms with Crippen molar-refractivity contribution in [2.45, 2.75) is 13.0 Å². The number of hydrogen-bond acceptors (Lipinski definition) is 3. The molecule has 1 aromatic heterocycles. The second kappa shape index (κ2) is 5.85. The fraction of sp³-hybridized carbons (Fsp3) is 0.500. The minimum atomic E-state index is 0.272. The Morgan fingerprint density at radius 2 is 2.15 bits per heavy atom. The molecule has 1 aromatic carbocycles. The van der Waals surface area contributed by atoms with Gasteiger partial charge < -0.3 is 14.3 Å². The maximum absolute atomic E-state index is 6.34. The molecule has 0 amide bonds. The van der Waals surface area contributed by atoms with Crippen molar-refractivity contribution in [3.63, 3.8) is 0 Å². The molecule has 0 saturated carbocycles. The Morgan fingerprint density at radius 3 is 2.90 bits per heavy atom. The fourth-order valence-corrected chi connectivity index (χ4v) is 3.44. The average molecular weight is 312 g/mol. The van der Waals surface area contributed by atoms with Crippen molar-refractivity contribution in [3.8, 4) is 0 Å². The summed E-state index contributed by atoms with van der Waals surface area (Å²) >= 11 is 11.8. The number of H-pyrrole nitrogens is 1. The molecule has 3 rings (SSSR count). The van der Waals surface area contributed by atoms with Crippen LogP contribution in [0.2, 0.25) is 5.02 Å². The van der Waals surface area contributed by atoms with Crippen LogP contribution in [0.1, 0.15) is 13.0 Å². The number of hydrogen-bond donors (Lipinski definition) is 1. The Bertz CT molecular complexity index is 660. The second-order valence-corrected chi connectivity index (χ2v) is 5.99. The third-order valence-electron chi connectivity index (χ3n) is 3.75. The van der Waals surface area contributed by atoms with Gasteiger partial charge in [-0.2, -0.15) is 0 Å². The number of aromatic nitrogens is 2. The highest BCUT2D eigenvalue weighted by molar-refractivity contribution is 7.71. The SMILES string of the molecule is CC(CN1CCOCC1)n1c(=S)[nH]c2cccc(Cl)c21. The maximum atomic E-state index is 6.34. The number of aromatic amines is 1. The lowest BCUT2D eigenvalue weighted by Gasteiger charge is -2.29. The van der Waals surface area contributed by atoms with E-state index in [-0.39, 0.29) is 6.04 Å². The number of nitrogens with zero attached hydrogens (tertiary/aromatic N) is 2. The second-order valence-electron chi connectivity index (χ2n) is 5.20. The Labute approximate surface area is 128 Å². The number of benzene rings is 1. The lowest BCUT2D eigenvalue weighted by Crippen LogP contribution is -2.39. The summed E-state index contributed by atoms with van der Waals surface area (Å²) in [4.78, 5) is 5.64. The van der Waals surface area contributed by atoms with E-state index < -0.39 is 0 Å². The van der Waals surface area contributed by atoms with Gasteiger partial charge in [0.1, 0.15) is 0 Å². The Hall–Kier alpha value is -0.880. The van der Waals surface area contributed by atoms with Crippen LogP contribution in [0.15, 0.2) is 18.2 Å². The molecule has 2 aromatic rings. The van der Waals surface area contributed by atoms with Crippen LogP contribution < -0.4 is 0 Å². The molecular formula is C14H18ClN3OS. The first kappa shape index (κ1) is 14.1. The van der Waals surface area contributed by atoms with Crippen LogP contribution in [0.4, 0.5) is 0 Å². The van der Waals surface area contributed by atoms with Gasteiger partial charge in [-0.05, 0) is 31.3 Å². The highest BCUT2D eigenvalue weighted by Crippen LogP contribution is 2.26. The van der Waals surface area contributed by atoms with E-state index in [1.807, 2.05) is 18.2 Å². The van der Waals surface area contributed by atoms with Crippen LogP contribution in [0.5, 0.6) is 0 Å². The van der Waals surface area contributed by atoms with Gasteiger partial charge in [0.2, 0.25) is 0 Å². The first-order valence-electron chi connectivity index (χ1n) is 6.85. The van der Waals surface area contributed by atoms with Crippen molar-refractivity contribution in [1.29, 1.82) is 0 Å². The summed E-state index contributed by atoms with van der Waals surface area (Å²) in [7, 11) is 0. The quantitative estimate of drug-likeness (QED) is 0.883. The zero-order valence-electron chi connectivity index (χ0n) is 11.4. The zero-order valence-corrected chi connectivity index (χ0v) is 13.0. The smallest absolute Gasteiger partial charge is 0.178 e. The summed E-state index contributed by atoms with van der Waals surface area (Å²) in [6.07, 6.45) is 0. The fourth-order valence-electron chi connectivity index (χ4n) is 2.80. The Kier molecular flexibility index (Phi) is 4.12. The molecule has 1 saturated heterocycles. The van der Waals surface area contributed by atoms with Gasteiger partial charge in [-0.15, -0.1) is 0 Å². The summed E-state index contributed by atoms with van der Waals surface area (Å²) in [6, 6.07) is 6.13. The molecule has 1 unspecified atom stereocenters. The molecule has 0 radical (unpaired) electrons. The van der Waals surface area contributed by atoms with Gasteiger partial charge in [0.15, 0.2) is 4.77 Å². The van der Waals surface area contributed by atoms with E-state index >= 15 is 0 Å². The Balaban J connectivity index is 1.92. The number of nitrogens with one attached hydrogen (secondary N) is 1. The standard InChI is InChI=1S/C14H18ClN3OS/c1-10(9-17-5-7-19-8-6-17)18-13-11(15)3-2-4-12(13)16-14(18)20/h2-4,10H,5-9H2,1H3,(H,16,20). The zero-order chi connectivity index (χ0) is 14.1. The van der Waals surface area contributed by atoms with Gasteiger partial charge in [0, 0.05) is 25.7 Å². The topological polar surface area (TPSA) is 33.2 Å². The molecule has 0 bridgehead atoms. The minimum absolute atomic E-state index is 0.272. The van der Waals surface area contributed by atoms with E-state index in [4.69, 9.17) is 28.6 Å². The van der Waals surface area contributed by atoms with E-state index in [9.17, 15) is 0 Å². The van der Waals surface area contributed by atoms with Crippen molar-refractivity contribution in [1.82, 2.24) is 14.5 Å². The van der Waals surface area contributed by atoms with E-state index in [1.54, 1.807) is 0 Å². The molecule has 1 atom stereocenters. The lowest BCUT2D eigenvalue weighted by molar-refractivity contribution is 0.0327. The van der Waals surface area contributed by atoms with E-state index in [1.165, 1.54) is 0 Å². The van der Waals surface area contributed by atoms with Crippen molar-refractivity contribution in [3.05, 3.63) is 28.0 Å².